The summed E-state index contributed by atoms with van der Waals surface area (Å²) < 4.78 is 22.5. The number of allylic oxidation sites excluding steroid dienone is 10. The van der Waals surface area contributed by atoms with E-state index in [1.54, 1.807) is 0 Å². The molecule has 0 aromatic rings. The number of carboxylic acid groups (broad SMARTS) is 1. The molecule has 2 unspecified atom stereocenters. The largest absolute Gasteiger partial charge is 0.545 e. The molecule has 0 aromatic heterocycles. The average Bonchev–Trinajstić information content (AvgIpc) is 3.19. The fourth-order valence-corrected chi connectivity index (χ4v) is 6.05. The molecule has 0 amide bonds. The number of carboxylic acids is 1. The van der Waals surface area contributed by atoms with Crippen LogP contribution < -0.4 is 5.11 Å². The van der Waals surface area contributed by atoms with Crippen LogP contribution >= 0.6 is 0 Å². The van der Waals surface area contributed by atoms with Crippen molar-refractivity contribution in [3.05, 3.63) is 60.8 Å². The van der Waals surface area contributed by atoms with Gasteiger partial charge >= 0.3 is 11.9 Å². The summed E-state index contributed by atoms with van der Waals surface area (Å²) in [6, 6.07) is 0. The van der Waals surface area contributed by atoms with Crippen LogP contribution in [-0.2, 0) is 33.3 Å². The molecule has 0 aromatic carbocycles. The highest BCUT2D eigenvalue weighted by molar-refractivity contribution is 5.70. The van der Waals surface area contributed by atoms with Gasteiger partial charge in [0.05, 0.1) is 40.3 Å². The van der Waals surface area contributed by atoms with Crippen LogP contribution in [0.5, 0.6) is 0 Å². The SMILES string of the molecule is CCC/C=C\C/C=C\CCCCCCCC(=O)OCC(COC(OCC[N+](C)(C)C)C(=O)[O-])OC(=O)CCCCCCCC/C=C\C/C=C\C/C=C\CCCCCCC. The van der Waals surface area contributed by atoms with E-state index in [2.05, 4.69) is 74.6 Å². The molecule has 0 bridgehead atoms. The molecule has 0 saturated heterocycles. The zero-order valence-electron chi connectivity index (χ0n) is 38.4. The standard InChI is InChI=1S/C50H87NO8/c1-6-8-10-12-14-16-18-20-21-22-23-24-25-26-27-29-31-33-35-37-39-41-48(53)59-46(45-58-50(49(54)55)56-43-42-51(3,4)5)44-57-47(52)40-38-36-34-32-30-28-19-17-15-13-11-9-7-2/h11,13,17-20,22-23,25-26,46,50H,6-10,12,14-16,21,24,27-45H2,1-5H3/b13-11-,19-17-,20-18-,23-22-,26-25-. The van der Waals surface area contributed by atoms with Crippen molar-refractivity contribution in [2.24, 2.45) is 0 Å². The lowest BCUT2D eigenvalue weighted by atomic mass is 10.1. The number of quaternary nitrogens is 1. The third-order valence-electron chi connectivity index (χ3n) is 9.72. The molecule has 0 aliphatic rings. The second-order valence-electron chi connectivity index (χ2n) is 16.7. The fraction of sp³-hybridized carbons (Fsp3) is 0.740. The quantitative estimate of drug-likeness (QED) is 0.0197. The van der Waals surface area contributed by atoms with Crippen LogP contribution in [0.2, 0.25) is 0 Å². The number of nitrogens with zero attached hydrogens (tertiary/aromatic N) is 1. The summed E-state index contributed by atoms with van der Waals surface area (Å²) in [6.45, 7) is 4.62. The molecular formula is C50H87NO8. The van der Waals surface area contributed by atoms with Crippen LogP contribution in [0.4, 0.5) is 0 Å². The first-order chi connectivity index (χ1) is 28.6. The number of aliphatic carboxylic acids is 1. The van der Waals surface area contributed by atoms with E-state index in [1.807, 2.05) is 21.1 Å². The number of hydrogen-bond acceptors (Lipinski definition) is 8. The van der Waals surface area contributed by atoms with Gasteiger partial charge in [-0.1, -0.05) is 152 Å². The number of ether oxygens (including phenoxy) is 4. The maximum absolute atomic E-state index is 12.8. The minimum absolute atomic E-state index is 0.140. The van der Waals surface area contributed by atoms with Gasteiger partial charge in [0, 0.05) is 12.8 Å². The van der Waals surface area contributed by atoms with Crippen molar-refractivity contribution in [2.45, 2.75) is 193 Å². The summed E-state index contributed by atoms with van der Waals surface area (Å²) in [5.41, 5.74) is 0. The molecule has 0 aliphatic heterocycles. The number of carbonyl (C=O) groups is 3. The Morgan fingerprint density at radius 3 is 1.42 bits per heavy atom. The molecule has 0 spiro atoms. The summed E-state index contributed by atoms with van der Waals surface area (Å²) in [4.78, 5) is 37.0. The highest BCUT2D eigenvalue weighted by Crippen LogP contribution is 2.13. The third kappa shape index (κ3) is 42.9. The molecule has 0 rings (SSSR count). The molecule has 0 heterocycles. The van der Waals surface area contributed by atoms with Crippen molar-refractivity contribution in [1.82, 2.24) is 0 Å². The average molecular weight is 830 g/mol. The number of likely N-dealkylation sites (N-methyl/N-ethyl adjacent to an activating group) is 1. The van der Waals surface area contributed by atoms with Gasteiger partial charge in [-0.3, -0.25) is 9.59 Å². The molecule has 0 saturated carbocycles. The molecule has 9 nitrogen and oxygen atoms in total. The smallest absolute Gasteiger partial charge is 0.306 e. The van der Waals surface area contributed by atoms with Gasteiger partial charge in [0.15, 0.2) is 12.4 Å². The summed E-state index contributed by atoms with van der Waals surface area (Å²) in [5.74, 6) is -2.33. The molecule has 340 valence electrons. The Balaban J connectivity index is 4.44. The van der Waals surface area contributed by atoms with Gasteiger partial charge in [0.25, 0.3) is 0 Å². The number of rotatable bonds is 42. The van der Waals surface area contributed by atoms with Gasteiger partial charge in [-0.2, -0.15) is 0 Å². The maximum Gasteiger partial charge on any atom is 0.306 e. The molecule has 0 fully saturated rings. The van der Waals surface area contributed by atoms with Gasteiger partial charge < -0.3 is 33.3 Å². The van der Waals surface area contributed by atoms with Crippen molar-refractivity contribution >= 4 is 17.9 Å². The van der Waals surface area contributed by atoms with Crippen molar-refractivity contribution in [2.75, 3.05) is 47.5 Å². The van der Waals surface area contributed by atoms with E-state index in [4.69, 9.17) is 18.9 Å². The first kappa shape index (κ1) is 56.0. The zero-order chi connectivity index (χ0) is 43.5. The highest BCUT2D eigenvalue weighted by Gasteiger charge is 2.21. The summed E-state index contributed by atoms with van der Waals surface area (Å²) in [5, 5.41) is 11.7. The lowest BCUT2D eigenvalue weighted by molar-refractivity contribution is -0.870. The van der Waals surface area contributed by atoms with Gasteiger partial charge in [0.2, 0.25) is 0 Å². The number of unbranched alkanes of at least 4 members (excludes halogenated alkanes) is 17. The highest BCUT2D eigenvalue weighted by atomic mass is 16.7. The van der Waals surface area contributed by atoms with Crippen molar-refractivity contribution in [3.8, 4) is 0 Å². The number of esters is 2. The predicted molar refractivity (Wildman–Crippen MR) is 242 cm³/mol. The second-order valence-corrected chi connectivity index (χ2v) is 16.7. The van der Waals surface area contributed by atoms with Crippen LogP contribution in [0.1, 0.15) is 181 Å². The Morgan fingerprint density at radius 2 is 0.949 bits per heavy atom. The lowest BCUT2D eigenvalue weighted by Gasteiger charge is -2.26. The molecule has 0 radical (unpaired) electrons. The predicted octanol–water partition coefficient (Wildman–Crippen LogP) is 11.2. The Hall–Kier alpha value is -3.01. The molecule has 59 heavy (non-hydrogen) atoms. The fourth-order valence-electron chi connectivity index (χ4n) is 6.05. The van der Waals surface area contributed by atoms with E-state index in [0.29, 0.717) is 17.4 Å². The summed E-state index contributed by atoms with van der Waals surface area (Å²) in [7, 11) is 5.89. The Labute approximate surface area is 361 Å². The Morgan fingerprint density at radius 1 is 0.508 bits per heavy atom. The van der Waals surface area contributed by atoms with E-state index < -0.39 is 24.3 Å². The summed E-state index contributed by atoms with van der Waals surface area (Å²) >= 11 is 0. The van der Waals surface area contributed by atoms with Crippen LogP contribution in [0.15, 0.2) is 60.8 Å². The summed E-state index contributed by atoms with van der Waals surface area (Å²) in [6.07, 6.45) is 46.8. The van der Waals surface area contributed by atoms with Gasteiger partial charge in [-0.25, -0.2) is 0 Å². The van der Waals surface area contributed by atoms with E-state index in [-0.39, 0.29) is 38.6 Å². The van der Waals surface area contributed by atoms with Crippen LogP contribution in [-0.4, -0.2) is 82.3 Å². The van der Waals surface area contributed by atoms with E-state index >= 15 is 0 Å². The monoisotopic (exact) mass is 830 g/mol. The Bertz CT molecular complexity index is 1150. The van der Waals surface area contributed by atoms with Gasteiger partial charge in [-0.15, -0.1) is 0 Å². The maximum atomic E-state index is 12.8. The topological polar surface area (TPSA) is 111 Å². The second kappa shape index (κ2) is 41.7. The third-order valence-corrected chi connectivity index (χ3v) is 9.72. The minimum atomic E-state index is -1.63. The molecule has 0 aliphatic carbocycles. The first-order valence-corrected chi connectivity index (χ1v) is 23.4. The number of carbonyl (C=O) groups excluding carboxylic acids is 3. The van der Waals surface area contributed by atoms with Crippen LogP contribution in [0.3, 0.4) is 0 Å². The molecular weight excluding hydrogens is 743 g/mol. The van der Waals surface area contributed by atoms with E-state index in [0.717, 1.165) is 103 Å². The van der Waals surface area contributed by atoms with Gasteiger partial charge in [0.1, 0.15) is 13.2 Å². The zero-order valence-corrected chi connectivity index (χ0v) is 38.4. The molecule has 2 atom stereocenters. The van der Waals surface area contributed by atoms with Crippen molar-refractivity contribution < 1.29 is 42.9 Å². The van der Waals surface area contributed by atoms with Crippen LogP contribution in [0.25, 0.3) is 0 Å². The minimum Gasteiger partial charge on any atom is -0.545 e. The van der Waals surface area contributed by atoms with Crippen molar-refractivity contribution in [3.63, 3.8) is 0 Å². The van der Waals surface area contributed by atoms with E-state index in [1.165, 1.54) is 44.9 Å². The first-order valence-electron chi connectivity index (χ1n) is 23.4. The van der Waals surface area contributed by atoms with Gasteiger partial charge in [-0.05, 0) is 77.0 Å². The van der Waals surface area contributed by atoms with Crippen molar-refractivity contribution in [1.29, 1.82) is 0 Å². The molecule has 9 heteroatoms. The molecule has 0 N–H and O–H groups in total. The number of hydrogen-bond donors (Lipinski definition) is 0. The Kier molecular flexibility index (Phi) is 39.6. The van der Waals surface area contributed by atoms with Crippen LogP contribution in [0, 0.1) is 0 Å². The lowest BCUT2D eigenvalue weighted by Crippen LogP contribution is -2.44. The normalized spacial score (nSPS) is 13.4. The van der Waals surface area contributed by atoms with E-state index in [9.17, 15) is 19.5 Å².